The third-order valence-corrected chi connectivity index (χ3v) is 3.55. The van der Waals surface area contributed by atoms with Crippen molar-refractivity contribution in [3.05, 3.63) is 58.6 Å². The van der Waals surface area contributed by atoms with Gasteiger partial charge >= 0.3 is 0 Å². The van der Waals surface area contributed by atoms with Gasteiger partial charge in [0.25, 0.3) is 11.8 Å². The van der Waals surface area contributed by atoms with E-state index in [0.717, 1.165) is 5.56 Å². The molecule has 2 rings (SSSR count). The van der Waals surface area contributed by atoms with Crippen molar-refractivity contribution in [2.24, 2.45) is 5.10 Å². The van der Waals surface area contributed by atoms with E-state index in [0.29, 0.717) is 22.1 Å². The molecule has 0 aromatic heterocycles. The number of methoxy groups -OCH3 is 2. The van der Waals surface area contributed by atoms with Crippen LogP contribution >= 0.6 is 11.6 Å². The van der Waals surface area contributed by atoms with Crippen molar-refractivity contribution in [2.75, 3.05) is 20.8 Å². The molecular formula is C18H18ClN3O4. The molecule has 0 spiro atoms. The summed E-state index contributed by atoms with van der Waals surface area (Å²) in [5.74, 6) is 0.0653. The fourth-order valence-electron chi connectivity index (χ4n) is 1.97. The molecule has 0 saturated heterocycles. The van der Waals surface area contributed by atoms with E-state index in [9.17, 15) is 9.59 Å². The fraction of sp³-hybridized carbons (Fsp3) is 0.167. The first-order valence-electron chi connectivity index (χ1n) is 7.60. The number of ether oxygens (including phenoxy) is 2. The molecule has 0 heterocycles. The summed E-state index contributed by atoms with van der Waals surface area (Å²) in [6.45, 7) is -0.226. The molecule has 0 fully saturated rings. The van der Waals surface area contributed by atoms with E-state index in [1.807, 2.05) is 0 Å². The molecule has 2 amide bonds. The second kappa shape index (κ2) is 9.43. The number of hydrogen-bond acceptors (Lipinski definition) is 5. The van der Waals surface area contributed by atoms with E-state index in [1.165, 1.54) is 20.4 Å². The van der Waals surface area contributed by atoms with Crippen LogP contribution in [0.4, 0.5) is 0 Å². The Balaban J connectivity index is 1.86. The molecule has 0 aliphatic carbocycles. The van der Waals surface area contributed by atoms with Crippen molar-refractivity contribution < 1.29 is 19.1 Å². The lowest BCUT2D eigenvalue weighted by atomic mass is 10.2. The van der Waals surface area contributed by atoms with Crippen LogP contribution in [0.25, 0.3) is 0 Å². The van der Waals surface area contributed by atoms with E-state index in [2.05, 4.69) is 15.8 Å². The summed E-state index contributed by atoms with van der Waals surface area (Å²) in [4.78, 5) is 23.9. The van der Waals surface area contributed by atoms with Crippen LogP contribution in [-0.4, -0.2) is 38.8 Å². The lowest BCUT2D eigenvalue weighted by molar-refractivity contribution is -0.120. The van der Waals surface area contributed by atoms with Crippen LogP contribution in [0, 0.1) is 0 Å². The molecule has 0 radical (unpaired) electrons. The molecule has 7 nitrogen and oxygen atoms in total. The van der Waals surface area contributed by atoms with E-state index in [1.54, 1.807) is 42.5 Å². The zero-order chi connectivity index (χ0) is 18.9. The largest absolute Gasteiger partial charge is 0.497 e. The Morgan fingerprint density at radius 1 is 1.08 bits per heavy atom. The first kappa shape index (κ1) is 19.3. The van der Waals surface area contributed by atoms with Crippen LogP contribution in [0.1, 0.15) is 15.9 Å². The molecule has 136 valence electrons. The summed E-state index contributed by atoms with van der Waals surface area (Å²) in [7, 11) is 2.98. The number of hydrazone groups is 1. The molecule has 0 atom stereocenters. The van der Waals surface area contributed by atoms with Crippen molar-refractivity contribution >= 4 is 29.6 Å². The minimum absolute atomic E-state index is 0.226. The number of benzene rings is 2. The van der Waals surface area contributed by atoms with Gasteiger partial charge in [0.2, 0.25) is 0 Å². The van der Waals surface area contributed by atoms with Crippen molar-refractivity contribution in [1.29, 1.82) is 0 Å². The topological polar surface area (TPSA) is 89.0 Å². The van der Waals surface area contributed by atoms with E-state index < -0.39 is 11.8 Å². The van der Waals surface area contributed by atoms with Gasteiger partial charge in [0, 0.05) is 16.7 Å². The SMILES string of the molecule is COc1cc(OC)cc(C(=O)NCC(=O)N/N=C\c2ccc(Cl)cc2)c1. The Labute approximate surface area is 155 Å². The monoisotopic (exact) mass is 375 g/mol. The molecular weight excluding hydrogens is 358 g/mol. The summed E-state index contributed by atoms with van der Waals surface area (Å²) in [6, 6.07) is 11.7. The minimum Gasteiger partial charge on any atom is -0.497 e. The molecule has 0 unspecified atom stereocenters. The van der Waals surface area contributed by atoms with Crippen molar-refractivity contribution in [3.8, 4) is 11.5 Å². The summed E-state index contributed by atoms with van der Waals surface area (Å²) < 4.78 is 10.2. The van der Waals surface area contributed by atoms with Crippen LogP contribution < -0.4 is 20.2 Å². The number of amides is 2. The van der Waals surface area contributed by atoms with Crippen LogP contribution in [0.15, 0.2) is 47.6 Å². The van der Waals surface area contributed by atoms with Crippen molar-refractivity contribution in [2.45, 2.75) is 0 Å². The Bertz CT molecular complexity index is 784. The molecule has 2 N–H and O–H groups in total. The van der Waals surface area contributed by atoms with E-state index in [4.69, 9.17) is 21.1 Å². The molecule has 0 aliphatic heterocycles. The summed E-state index contributed by atoms with van der Waals surface area (Å²) in [5.41, 5.74) is 3.43. The molecule has 0 bridgehead atoms. The second-order valence-electron chi connectivity index (χ2n) is 5.13. The maximum Gasteiger partial charge on any atom is 0.259 e. The van der Waals surface area contributed by atoms with Gasteiger partial charge in [0.05, 0.1) is 27.0 Å². The van der Waals surface area contributed by atoms with Gasteiger partial charge in [-0.1, -0.05) is 23.7 Å². The molecule has 8 heteroatoms. The molecule has 0 saturated carbocycles. The minimum atomic E-state index is -0.460. The summed E-state index contributed by atoms with van der Waals surface area (Å²) >= 11 is 5.79. The smallest absolute Gasteiger partial charge is 0.259 e. The number of rotatable bonds is 7. The quantitative estimate of drug-likeness (QED) is 0.573. The molecule has 26 heavy (non-hydrogen) atoms. The maximum absolute atomic E-state index is 12.2. The van der Waals surface area contributed by atoms with Gasteiger partial charge in [0.15, 0.2) is 0 Å². The van der Waals surface area contributed by atoms with Gasteiger partial charge < -0.3 is 14.8 Å². The summed E-state index contributed by atoms with van der Waals surface area (Å²) in [5, 5.41) is 6.94. The highest BCUT2D eigenvalue weighted by atomic mass is 35.5. The number of carbonyl (C=O) groups excluding carboxylic acids is 2. The number of hydrogen-bond donors (Lipinski definition) is 2. The highest BCUT2D eigenvalue weighted by molar-refractivity contribution is 6.30. The Kier molecular flexibility index (Phi) is 6.99. The predicted octanol–water partition coefficient (Wildman–Crippen LogP) is 2.24. The zero-order valence-electron chi connectivity index (χ0n) is 14.3. The van der Waals surface area contributed by atoms with Crippen LogP contribution in [0.2, 0.25) is 5.02 Å². The lowest BCUT2D eigenvalue weighted by Gasteiger charge is -2.08. The summed E-state index contributed by atoms with van der Waals surface area (Å²) in [6.07, 6.45) is 1.48. The zero-order valence-corrected chi connectivity index (χ0v) is 15.0. The van der Waals surface area contributed by atoms with Crippen molar-refractivity contribution in [1.82, 2.24) is 10.7 Å². The second-order valence-corrected chi connectivity index (χ2v) is 5.57. The first-order valence-corrected chi connectivity index (χ1v) is 7.98. The van der Waals surface area contributed by atoms with Gasteiger partial charge in [-0.3, -0.25) is 9.59 Å². The number of nitrogens with zero attached hydrogens (tertiary/aromatic N) is 1. The lowest BCUT2D eigenvalue weighted by Crippen LogP contribution is -2.34. The van der Waals surface area contributed by atoms with E-state index >= 15 is 0 Å². The number of nitrogens with one attached hydrogen (secondary N) is 2. The fourth-order valence-corrected chi connectivity index (χ4v) is 2.09. The van der Waals surface area contributed by atoms with Gasteiger partial charge in [0.1, 0.15) is 11.5 Å². The number of halogens is 1. The van der Waals surface area contributed by atoms with Crippen LogP contribution in [0.3, 0.4) is 0 Å². The maximum atomic E-state index is 12.2. The van der Waals surface area contributed by atoms with Gasteiger partial charge in [-0.05, 0) is 29.8 Å². The van der Waals surface area contributed by atoms with E-state index in [-0.39, 0.29) is 6.54 Å². The van der Waals surface area contributed by atoms with Crippen molar-refractivity contribution in [3.63, 3.8) is 0 Å². The van der Waals surface area contributed by atoms with Crippen LogP contribution in [0.5, 0.6) is 11.5 Å². The van der Waals surface area contributed by atoms with Gasteiger partial charge in [-0.25, -0.2) is 5.43 Å². The van der Waals surface area contributed by atoms with Crippen LogP contribution in [-0.2, 0) is 4.79 Å². The average Bonchev–Trinajstić information content (AvgIpc) is 2.67. The Hall–Kier alpha value is -3.06. The molecule has 2 aromatic rings. The molecule has 0 aliphatic rings. The highest BCUT2D eigenvalue weighted by Crippen LogP contribution is 2.22. The van der Waals surface area contributed by atoms with Gasteiger partial charge in [-0.2, -0.15) is 5.10 Å². The first-order chi connectivity index (χ1) is 12.5. The van der Waals surface area contributed by atoms with Gasteiger partial charge in [-0.15, -0.1) is 0 Å². The Morgan fingerprint density at radius 2 is 1.69 bits per heavy atom. The third-order valence-electron chi connectivity index (χ3n) is 3.30. The normalized spacial score (nSPS) is 10.4. The number of carbonyl (C=O) groups is 2. The predicted molar refractivity (Wildman–Crippen MR) is 99.1 cm³/mol. The standard InChI is InChI=1S/C18H18ClN3O4/c1-25-15-7-13(8-16(9-15)26-2)18(24)20-11-17(23)22-21-10-12-3-5-14(19)6-4-12/h3-10H,11H2,1-2H3,(H,20,24)(H,22,23)/b21-10-. The third kappa shape index (κ3) is 5.78. The highest BCUT2D eigenvalue weighted by Gasteiger charge is 2.11. The average molecular weight is 376 g/mol. The Morgan fingerprint density at radius 3 is 2.27 bits per heavy atom. The molecule has 2 aromatic carbocycles.